The van der Waals surface area contributed by atoms with Gasteiger partial charge in [0.2, 0.25) is 0 Å². The lowest BCUT2D eigenvalue weighted by Gasteiger charge is -2.36. The first-order valence-electron chi connectivity index (χ1n) is 7.34. The number of ether oxygens (including phenoxy) is 1. The Kier molecular flexibility index (Phi) is 5.70. The molecule has 4 heteroatoms. The van der Waals surface area contributed by atoms with E-state index in [1.807, 2.05) is 25.1 Å². The third-order valence-electron chi connectivity index (χ3n) is 3.98. The van der Waals surface area contributed by atoms with Crippen LogP contribution in [0.25, 0.3) is 0 Å². The minimum atomic E-state index is -0.248. The Labute approximate surface area is 126 Å². The second kappa shape index (κ2) is 7.30. The zero-order valence-electron chi connectivity index (χ0n) is 12.3. The quantitative estimate of drug-likeness (QED) is 0.903. The molecule has 1 saturated heterocycles. The highest BCUT2D eigenvalue weighted by Crippen LogP contribution is 2.28. The molecule has 0 spiro atoms. The molecule has 1 heterocycles. The van der Waals surface area contributed by atoms with Crippen molar-refractivity contribution in [2.45, 2.75) is 51.3 Å². The second-order valence-corrected chi connectivity index (χ2v) is 6.10. The van der Waals surface area contributed by atoms with Gasteiger partial charge in [-0.3, -0.25) is 4.90 Å². The Hall–Kier alpha value is -0.770. The van der Waals surface area contributed by atoms with Crippen LogP contribution in [0.5, 0.6) is 5.75 Å². The average molecular weight is 298 g/mol. The number of aliphatic hydroxyl groups excluding tert-OH is 1. The molecule has 1 N–H and O–H groups in total. The third kappa shape index (κ3) is 4.11. The van der Waals surface area contributed by atoms with E-state index in [2.05, 4.69) is 4.90 Å². The Balaban J connectivity index is 2.11. The van der Waals surface area contributed by atoms with E-state index in [1.54, 1.807) is 7.11 Å². The van der Waals surface area contributed by atoms with Crippen molar-refractivity contribution in [1.82, 2.24) is 4.90 Å². The van der Waals surface area contributed by atoms with Gasteiger partial charge >= 0.3 is 0 Å². The molecule has 1 aliphatic heterocycles. The molecule has 1 aromatic carbocycles. The van der Waals surface area contributed by atoms with Crippen LogP contribution in [-0.2, 0) is 6.54 Å². The molecule has 1 aromatic rings. The smallest absolute Gasteiger partial charge is 0.123 e. The first-order chi connectivity index (χ1) is 9.60. The maximum atomic E-state index is 9.66. The predicted molar refractivity (Wildman–Crippen MR) is 82.4 cm³/mol. The summed E-state index contributed by atoms with van der Waals surface area (Å²) in [4.78, 5) is 2.45. The minimum absolute atomic E-state index is 0.248. The van der Waals surface area contributed by atoms with E-state index in [1.165, 1.54) is 12.8 Å². The number of rotatable bonds is 5. The van der Waals surface area contributed by atoms with E-state index >= 15 is 0 Å². The molecule has 0 bridgehead atoms. The molecule has 0 saturated carbocycles. The van der Waals surface area contributed by atoms with E-state index in [4.69, 9.17) is 16.3 Å². The van der Waals surface area contributed by atoms with Gasteiger partial charge in [0.15, 0.2) is 0 Å². The third-order valence-corrected chi connectivity index (χ3v) is 4.21. The number of benzene rings is 1. The first kappa shape index (κ1) is 15.6. The Morgan fingerprint density at radius 3 is 2.95 bits per heavy atom. The van der Waals surface area contributed by atoms with E-state index in [0.29, 0.717) is 6.04 Å². The number of halogens is 1. The highest BCUT2D eigenvalue weighted by atomic mass is 35.5. The van der Waals surface area contributed by atoms with Gasteiger partial charge < -0.3 is 9.84 Å². The van der Waals surface area contributed by atoms with E-state index in [9.17, 15) is 5.11 Å². The van der Waals surface area contributed by atoms with Gasteiger partial charge in [-0.25, -0.2) is 0 Å². The SMILES string of the molecule is COc1ccc(Cl)cc1CN1CCCCC1CC(C)O. The molecule has 112 valence electrons. The molecule has 0 amide bonds. The first-order valence-corrected chi connectivity index (χ1v) is 7.72. The van der Waals surface area contributed by atoms with Crippen molar-refractivity contribution < 1.29 is 9.84 Å². The topological polar surface area (TPSA) is 32.7 Å². The van der Waals surface area contributed by atoms with Gasteiger partial charge in [-0.1, -0.05) is 18.0 Å². The summed E-state index contributed by atoms with van der Waals surface area (Å²) in [7, 11) is 1.69. The molecule has 2 atom stereocenters. The summed E-state index contributed by atoms with van der Waals surface area (Å²) in [6, 6.07) is 6.21. The number of piperidine rings is 1. The zero-order valence-corrected chi connectivity index (χ0v) is 13.1. The predicted octanol–water partition coefficient (Wildman–Crippen LogP) is 3.47. The van der Waals surface area contributed by atoms with Crippen LogP contribution in [0.4, 0.5) is 0 Å². The van der Waals surface area contributed by atoms with Gasteiger partial charge in [0.1, 0.15) is 5.75 Å². The zero-order chi connectivity index (χ0) is 14.5. The maximum Gasteiger partial charge on any atom is 0.123 e. The van der Waals surface area contributed by atoms with Crippen LogP contribution < -0.4 is 4.74 Å². The van der Waals surface area contributed by atoms with Crippen molar-refractivity contribution in [1.29, 1.82) is 0 Å². The number of hydrogen-bond acceptors (Lipinski definition) is 3. The van der Waals surface area contributed by atoms with Crippen LogP contribution in [0.15, 0.2) is 18.2 Å². The summed E-state index contributed by atoms with van der Waals surface area (Å²) >= 11 is 6.10. The second-order valence-electron chi connectivity index (χ2n) is 5.66. The van der Waals surface area contributed by atoms with Gasteiger partial charge in [0.05, 0.1) is 13.2 Å². The summed E-state index contributed by atoms with van der Waals surface area (Å²) in [5.41, 5.74) is 1.12. The molecular weight excluding hydrogens is 274 g/mol. The van der Waals surface area contributed by atoms with Crippen molar-refractivity contribution in [3.05, 3.63) is 28.8 Å². The summed E-state index contributed by atoms with van der Waals surface area (Å²) in [5.74, 6) is 0.885. The molecule has 0 aromatic heterocycles. The Bertz CT molecular complexity index is 436. The van der Waals surface area contributed by atoms with Crippen LogP contribution >= 0.6 is 11.6 Å². The highest BCUT2D eigenvalue weighted by Gasteiger charge is 2.24. The van der Waals surface area contributed by atoms with Crippen molar-refractivity contribution in [2.24, 2.45) is 0 Å². The number of hydrogen-bond donors (Lipinski definition) is 1. The van der Waals surface area contributed by atoms with Crippen LogP contribution in [0, 0.1) is 0 Å². The lowest BCUT2D eigenvalue weighted by atomic mass is 9.96. The van der Waals surface area contributed by atoms with Crippen molar-refractivity contribution >= 4 is 11.6 Å². The standard InChI is InChI=1S/C16H24ClNO2/c1-12(19)9-15-5-3-4-8-18(15)11-13-10-14(17)6-7-16(13)20-2/h6-7,10,12,15,19H,3-5,8-9,11H2,1-2H3. The lowest BCUT2D eigenvalue weighted by Crippen LogP contribution is -2.40. The average Bonchev–Trinajstić information content (AvgIpc) is 2.41. The molecule has 2 unspecified atom stereocenters. The normalized spacial score (nSPS) is 21.7. The fourth-order valence-corrected chi connectivity index (χ4v) is 3.21. The number of nitrogens with zero attached hydrogens (tertiary/aromatic N) is 1. The summed E-state index contributed by atoms with van der Waals surface area (Å²) < 4.78 is 5.42. The van der Waals surface area contributed by atoms with Gasteiger partial charge in [-0.15, -0.1) is 0 Å². The summed E-state index contributed by atoms with van der Waals surface area (Å²) in [6.45, 7) is 3.78. The summed E-state index contributed by atoms with van der Waals surface area (Å²) in [6.07, 6.45) is 4.22. The van der Waals surface area contributed by atoms with Gasteiger partial charge in [0.25, 0.3) is 0 Å². The Morgan fingerprint density at radius 2 is 2.25 bits per heavy atom. The molecule has 0 aliphatic carbocycles. The number of likely N-dealkylation sites (tertiary alicyclic amines) is 1. The molecule has 3 nitrogen and oxygen atoms in total. The molecule has 0 radical (unpaired) electrons. The van der Waals surface area contributed by atoms with Gasteiger partial charge in [-0.2, -0.15) is 0 Å². The van der Waals surface area contributed by atoms with Crippen LogP contribution in [0.3, 0.4) is 0 Å². The van der Waals surface area contributed by atoms with E-state index < -0.39 is 0 Å². The molecular formula is C16H24ClNO2. The number of aliphatic hydroxyl groups is 1. The number of methoxy groups -OCH3 is 1. The lowest BCUT2D eigenvalue weighted by molar-refractivity contribution is 0.0812. The van der Waals surface area contributed by atoms with Crippen molar-refractivity contribution in [2.75, 3.05) is 13.7 Å². The fourth-order valence-electron chi connectivity index (χ4n) is 3.02. The molecule has 20 heavy (non-hydrogen) atoms. The van der Waals surface area contributed by atoms with Crippen LogP contribution in [-0.4, -0.2) is 35.8 Å². The monoisotopic (exact) mass is 297 g/mol. The van der Waals surface area contributed by atoms with E-state index in [0.717, 1.165) is 42.3 Å². The van der Waals surface area contributed by atoms with Crippen molar-refractivity contribution in [3.8, 4) is 5.75 Å². The van der Waals surface area contributed by atoms with Crippen LogP contribution in [0.1, 0.15) is 38.2 Å². The highest BCUT2D eigenvalue weighted by molar-refractivity contribution is 6.30. The maximum absolute atomic E-state index is 9.66. The Morgan fingerprint density at radius 1 is 1.45 bits per heavy atom. The summed E-state index contributed by atoms with van der Waals surface area (Å²) in [5, 5.41) is 10.4. The van der Waals surface area contributed by atoms with Gasteiger partial charge in [-0.05, 0) is 50.9 Å². The minimum Gasteiger partial charge on any atom is -0.496 e. The largest absolute Gasteiger partial charge is 0.496 e. The molecule has 1 fully saturated rings. The van der Waals surface area contributed by atoms with E-state index in [-0.39, 0.29) is 6.10 Å². The van der Waals surface area contributed by atoms with Crippen LogP contribution in [0.2, 0.25) is 5.02 Å². The van der Waals surface area contributed by atoms with Crippen molar-refractivity contribution in [3.63, 3.8) is 0 Å². The fraction of sp³-hybridized carbons (Fsp3) is 0.625. The molecule has 2 rings (SSSR count). The molecule has 1 aliphatic rings. The van der Waals surface area contributed by atoms with Gasteiger partial charge in [0, 0.05) is 23.2 Å².